The number of ether oxygens (including phenoxy) is 1. The van der Waals surface area contributed by atoms with Crippen molar-refractivity contribution in [2.24, 2.45) is 0 Å². The monoisotopic (exact) mass is 229 g/mol. The molecule has 0 aliphatic carbocycles. The van der Waals surface area contributed by atoms with Crippen LogP contribution in [0.15, 0.2) is 36.5 Å². The van der Waals surface area contributed by atoms with Crippen LogP contribution in [-0.2, 0) is 13.0 Å². The van der Waals surface area contributed by atoms with Crippen LogP contribution in [0.4, 0.5) is 5.82 Å². The molecule has 4 nitrogen and oxygen atoms in total. The third kappa shape index (κ3) is 3.17. The number of hydrogen-bond donors (Lipinski definition) is 1. The molecular weight excluding hydrogens is 214 g/mol. The van der Waals surface area contributed by atoms with E-state index in [0.717, 1.165) is 12.0 Å². The van der Waals surface area contributed by atoms with Crippen molar-refractivity contribution in [1.82, 2.24) is 9.97 Å². The van der Waals surface area contributed by atoms with Gasteiger partial charge in [0.2, 0.25) is 0 Å². The van der Waals surface area contributed by atoms with Gasteiger partial charge in [0.05, 0.1) is 0 Å². The lowest BCUT2D eigenvalue weighted by Crippen LogP contribution is -2.01. The van der Waals surface area contributed by atoms with Gasteiger partial charge in [0.25, 0.3) is 0 Å². The van der Waals surface area contributed by atoms with Gasteiger partial charge in [0.1, 0.15) is 12.4 Å². The fourth-order valence-electron chi connectivity index (χ4n) is 1.44. The van der Waals surface area contributed by atoms with Crippen LogP contribution in [0.2, 0.25) is 0 Å². The molecule has 0 bridgehead atoms. The molecule has 0 fully saturated rings. The first-order valence-electron chi connectivity index (χ1n) is 5.57. The topological polar surface area (TPSA) is 61.0 Å². The summed E-state index contributed by atoms with van der Waals surface area (Å²) in [4.78, 5) is 7.94. The highest BCUT2D eigenvalue weighted by Gasteiger charge is 1.99. The van der Waals surface area contributed by atoms with Gasteiger partial charge in [-0.2, -0.15) is 4.98 Å². The summed E-state index contributed by atoms with van der Waals surface area (Å²) in [7, 11) is 0. The van der Waals surface area contributed by atoms with E-state index in [1.807, 2.05) is 12.1 Å². The van der Waals surface area contributed by atoms with Crippen molar-refractivity contribution >= 4 is 5.82 Å². The first kappa shape index (κ1) is 11.4. The smallest absolute Gasteiger partial charge is 0.318 e. The number of benzene rings is 1. The molecule has 0 unspecified atom stereocenters. The van der Waals surface area contributed by atoms with Gasteiger partial charge in [-0.25, -0.2) is 4.98 Å². The standard InChI is InChI=1S/C13H15N3O/c1-2-10-3-5-11(6-4-10)9-17-13-15-8-7-12(14)16-13/h3-8H,2,9H2,1H3,(H2,14,15,16). The van der Waals surface area contributed by atoms with E-state index in [-0.39, 0.29) is 0 Å². The second kappa shape index (κ2) is 5.30. The van der Waals surface area contributed by atoms with Crippen LogP contribution in [0.25, 0.3) is 0 Å². The summed E-state index contributed by atoms with van der Waals surface area (Å²) in [6, 6.07) is 10.2. The highest BCUT2D eigenvalue weighted by molar-refractivity contribution is 5.27. The Balaban J connectivity index is 1.97. The Morgan fingerprint density at radius 3 is 2.47 bits per heavy atom. The van der Waals surface area contributed by atoms with Crippen molar-refractivity contribution in [1.29, 1.82) is 0 Å². The van der Waals surface area contributed by atoms with Crippen LogP contribution >= 0.6 is 0 Å². The van der Waals surface area contributed by atoms with E-state index >= 15 is 0 Å². The summed E-state index contributed by atoms with van der Waals surface area (Å²) in [6.07, 6.45) is 2.62. The summed E-state index contributed by atoms with van der Waals surface area (Å²) in [5.41, 5.74) is 7.94. The molecule has 4 heteroatoms. The molecule has 0 amide bonds. The predicted octanol–water partition coefficient (Wildman–Crippen LogP) is 2.20. The molecule has 0 aliphatic heterocycles. The number of nitrogen functional groups attached to an aromatic ring is 1. The fraction of sp³-hybridized carbons (Fsp3) is 0.231. The molecule has 1 heterocycles. The third-order valence-electron chi connectivity index (χ3n) is 2.45. The van der Waals surface area contributed by atoms with Gasteiger partial charge in [-0.1, -0.05) is 31.2 Å². The van der Waals surface area contributed by atoms with Crippen LogP contribution in [0, 0.1) is 0 Å². The largest absolute Gasteiger partial charge is 0.459 e. The van der Waals surface area contributed by atoms with Gasteiger partial charge in [-0.05, 0) is 23.6 Å². The molecule has 0 saturated heterocycles. The zero-order chi connectivity index (χ0) is 12.1. The first-order valence-corrected chi connectivity index (χ1v) is 5.57. The minimum atomic E-state index is 0.310. The van der Waals surface area contributed by atoms with Gasteiger partial charge in [0.15, 0.2) is 0 Å². The number of aryl methyl sites for hydroxylation is 1. The Morgan fingerprint density at radius 1 is 1.12 bits per heavy atom. The third-order valence-corrected chi connectivity index (χ3v) is 2.45. The maximum absolute atomic E-state index is 5.53. The lowest BCUT2D eigenvalue weighted by Gasteiger charge is -2.05. The second-order valence-electron chi connectivity index (χ2n) is 3.72. The minimum Gasteiger partial charge on any atom is -0.459 e. The summed E-state index contributed by atoms with van der Waals surface area (Å²) in [6.45, 7) is 2.58. The molecular formula is C13H15N3O. The molecule has 0 radical (unpaired) electrons. The van der Waals surface area contributed by atoms with Gasteiger partial charge in [-0.15, -0.1) is 0 Å². The zero-order valence-electron chi connectivity index (χ0n) is 9.76. The van der Waals surface area contributed by atoms with Crippen LogP contribution in [0.3, 0.4) is 0 Å². The summed E-state index contributed by atoms with van der Waals surface area (Å²) in [5.74, 6) is 0.413. The highest BCUT2D eigenvalue weighted by atomic mass is 16.5. The molecule has 1 aromatic heterocycles. The van der Waals surface area contributed by atoms with Crippen molar-refractivity contribution in [3.63, 3.8) is 0 Å². The molecule has 0 spiro atoms. The van der Waals surface area contributed by atoms with Crippen LogP contribution in [0.1, 0.15) is 18.1 Å². The Bertz CT molecular complexity index is 482. The van der Waals surface area contributed by atoms with Crippen molar-refractivity contribution in [2.75, 3.05) is 5.73 Å². The van der Waals surface area contributed by atoms with Crippen LogP contribution in [-0.4, -0.2) is 9.97 Å². The Kier molecular flexibility index (Phi) is 3.55. The molecule has 0 aliphatic rings. The number of hydrogen-bond acceptors (Lipinski definition) is 4. The van der Waals surface area contributed by atoms with Gasteiger partial charge in [-0.3, -0.25) is 0 Å². The molecule has 17 heavy (non-hydrogen) atoms. The van der Waals surface area contributed by atoms with Gasteiger partial charge >= 0.3 is 6.01 Å². The molecule has 2 aromatic rings. The SMILES string of the molecule is CCc1ccc(COc2nccc(N)n2)cc1. The normalized spacial score (nSPS) is 10.2. The molecule has 2 rings (SSSR count). The summed E-state index contributed by atoms with van der Waals surface area (Å²) in [5, 5.41) is 0. The van der Waals surface area contributed by atoms with E-state index in [4.69, 9.17) is 10.5 Å². The maximum atomic E-state index is 5.53. The van der Waals surface area contributed by atoms with E-state index in [1.54, 1.807) is 12.3 Å². The Hall–Kier alpha value is -2.10. The number of rotatable bonds is 4. The van der Waals surface area contributed by atoms with E-state index in [0.29, 0.717) is 18.4 Å². The van der Waals surface area contributed by atoms with Crippen molar-refractivity contribution < 1.29 is 4.74 Å². The second-order valence-corrected chi connectivity index (χ2v) is 3.72. The average Bonchev–Trinajstić information content (AvgIpc) is 2.37. The number of anilines is 1. The number of nitrogens with two attached hydrogens (primary N) is 1. The van der Waals surface area contributed by atoms with Crippen molar-refractivity contribution in [3.8, 4) is 6.01 Å². The average molecular weight is 229 g/mol. The molecule has 0 atom stereocenters. The first-order chi connectivity index (χ1) is 8.28. The lowest BCUT2D eigenvalue weighted by atomic mass is 10.1. The van der Waals surface area contributed by atoms with Crippen molar-refractivity contribution in [2.45, 2.75) is 20.0 Å². The van der Waals surface area contributed by atoms with Crippen LogP contribution < -0.4 is 10.5 Å². The van der Waals surface area contributed by atoms with Gasteiger partial charge < -0.3 is 10.5 Å². The number of aromatic nitrogens is 2. The van der Waals surface area contributed by atoms with Crippen LogP contribution in [0.5, 0.6) is 6.01 Å². The Labute approximate surface area is 100 Å². The van der Waals surface area contributed by atoms with Crippen molar-refractivity contribution in [3.05, 3.63) is 47.7 Å². The molecule has 88 valence electrons. The number of nitrogens with zero attached hydrogens (tertiary/aromatic N) is 2. The minimum absolute atomic E-state index is 0.310. The summed E-state index contributed by atoms with van der Waals surface area (Å²) >= 11 is 0. The lowest BCUT2D eigenvalue weighted by molar-refractivity contribution is 0.281. The quantitative estimate of drug-likeness (QED) is 0.873. The molecule has 0 saturated carbocycles. The van der Waals surface area contributed by atoms with E-state index in [9.17, 15) is 0 Å². The Morgan fingerprint density at radius 2 is 1.82 bits per heavy atom. The fourth-order valence-corrected chi connectivity index (χ4v) is 1.44. The maximum Gasteiger partial charge on any atom is 0.318 e. The van der Waals surface area contributed by atoms with E-state index in [2.05, 4.69) is 29.0 Å². The van der Waals surface area contributed by atoms with E-state index in [1.165, 1.54) is 5.56 Å². The zero-order valence-corrected chi connectivity index (χ0v) is 9.76. The highest BCUT2D eigenvalue weighted by Crippen LogP contribution is 2.09. The van der Waals surface area contributed by atoms with Gasteiger partial charge in [0, 0.05) is 6.20 Å². The molecule has 1 aromatic carbocycles. The summed E-state index contributed by atoms with van der Waals surface area (Å²) < 4.78 is 5.44. The predicted molar refractivity (Wildman–Crippen MR) is 66.6 cm³/mol. The van der Waals surface area contributed by atoms with E-state index < -0.39 is 0 Å². The molecule has 2 N–H and O–H groups in total.